The van der Waals surface area contributed by atoms with Crippen LogP contribution in [0.2, 0.25) is 0 Å². The van der Waals surface area contributed by atoms with Crippen molar-refractivity contribution in [3.8, 4) is 17.2 Å². The first-order chi connectivity index (χ1) is 15.8. The fourth-order valence-electron chi connectivity index (χ4n) is 3.59. The molecular formula is C24H25N3O5. The van der Waals surface area contributed by atoms with E-state index >= 15 is 0 Å². The molecule has 0 aliphatic carbocycles. The first-order valence-corrected chi connectivity index (χ1v) is 10.4. The van der Waals surface area contributed by atoms with Crippen molar-refractivity contribution < 1.29 is 19.0 Å². The number of nitrogens with zero attached hydrogens (tertiary/aromatic N) is 1. The van der Waals surface area contributed by atoms with Gasteiger partial charge in [-0.05, 0) is 30.3 Å². The van der Waals surface area contributed by atoms with Gasteiger partial charge in [-0.1, -0.05) is 36.4 Å². The van der Waals surface area contributed by atoms with E-state index in [1.54, 1.807) is 7.11 Å². The summed E-state index contributed by atoms with van der Waals surface area (Å²) >= 11 is 0. The van der Waals surface area contributed by atoms with Gasteiger partial charge in [0.1, 0.15) is 19.0 Å². The molecule has 4 rings (SSSR count). The summed E-state index contributed by atoms with van der Waals surface area (Å²) in [7, 11) is 1.60. The smallest absolute Gasteiger partial charge is 0.176 e. The number of hydrogen-bond acceptors (Lipinski definition) is 7. The summed E-state index contributed by atoms with van der Waals surface area (Å²) in [5.41, 5.74) is 2.03. The van der Waals surface area contributed by atoms with E-state index in [-0.39, 0.29) is 6.61 Å². The Kier molecular flexibility index (Phi) is 7.04. The van der Waals surface area contributed by atoms with E-state index in [2.05, 4.69) is 15.6 Å². The molecule has 0 aliphatic rings. The normalized spacial score (nSPS) is 11.9. The van der Waals surface area contributed by atoms with Crippen LogP contribution in [0.4, 0.5) is 0 Å². The molecule has 8 heteroatoms. The number of nitrogens with one attached hydrogen (secondary N) is 2. The third-order valence-electron chi connectivity index (χ3n) is 5.09. The summed E-state index contributed by atoms with van der Waals surface area (Å²) in [5, 5.41) is 7.87. The fraction of sp³-hybridized carbons (Fsp3) is 0.250. The van der Waals surface area contributed by atoms with E-state index in [0.29, 0.717) is 31.2 Å². The van der Waals surface area contributed by atoms with Gasteiger partial charge < -0.3 is 29.3 Å². The molecule has 1 unspecified atom stereocenters. The topological polar surface area (TPSA) is 94.2 Å². The van der Waals surface area contributed by atoms with Crippen molar-refractivity contribution in [2.75, 3.05) is 33.4 Å². The Morgan fingerprint density at radius 3 is 2.50 bits per heavy atom. The van der Waals surface area contributed by atoms with E-state index in [1.165, 1.54) is 0 Å². The number of fused-ring (bicyclic) bond motifs is 3. The summed E-state index contributed by atoms with van der Waals surface area (Å²) in [5.74, 6) is 2.08. The van der Waals surface area contributed by atoms with Crippen LogP contribution in [0, 0.1) is 4.91 Å². The van der Waals surface area contributed by atoms with E-state index in [4.69, 9.17) is 19.0 Å². The minimum atomic E-state index is -0.542. The van der Waals surface area contributed by atoms with Crippen molar-refractivity contribution in [3.05, 3.63) is 71.6 Å². The van der Waals surface area contributed by atoms with E-state index < -0.39 is 6.10 Å². The molecule has 0 fully saturated rings. The molecule has 1 aromatic heterocycles. The van der Waals surface area contributed by atoms with Crippen LogP contribution in [0.1, 0.15) is 0 Å². The number of ether oxygens (including phenoxy) is 3. The molecular weight excluding hydrogens is 410 g/mol. The van der Waals surface area contributed by atoms with Gasteiger partial charge in [0.15, 0.2) is 22.9 Å². The molecule has 32 heavy (non-hydrogen) atoms. The van der Waals surface area contributed by atoms with Crippen molar-refractivity contribution in [3.63, 3.8) is 0 Å². The number of methoxy groups -OCH3 is 1. The number of aromatic amines is 1. The van der Waals surface area contributed by atoms with Crippen LogP contribution >= 0.6 is 0 Å². The molecule has 8 nitrogen and oxygen atoms in total. The molecule has 0 saturated heterocycles. The number of benzene rings is 3. The zero-order chi connectivity index (χ0) is 22.2. The maximum absolute atomic E-state index is 10.7. The van der Waals surface area contributed by atoms with E-state index in [1.807, 2.05) is 66.7 Å². The van der Waals surface area contributed by atoms with Gasteiger partial charge >= 0.3 is 0 Å². The lowest BCUT2D eigenvalue weighted by atomic mass is 10.1. The average Bonchev–Trinajstić information content (AvgIpc) is 3.22. The molecule has 4 aromatic rings. The number of hydrogen-bond donors (Lipinski definition) is 2. The zero-order valence-corrected chi connectivity index (χ0v) is 17.7. The van der Waals surface area contributed by atoms with Gasteiger partial charge in [0.2, 0.25) is 0 Å². The molecule has 0 saturated carbocycles. The van der Waals surface area contributed by atoms with Crippen molar-refractivity contribution in [1.29, 1.82) is 0 Å². The Morgan fingerprint density at radius 1 is 0.906 bits per heavy atom. The Hall–Kier alpha value is -3.78. The number of rotatable bonds is 12. The van der Waals surface area contributed by atoms with Gasteiger partial charge in [0.25, 0.3) is 0 Å². The molecule has 0 bridgehead atoms. The van der Waals surface area contributed by atoms with Crippen molar-refractivity contribution in [2.45, 2.75) is 6.10 Å². The highest BCUT2D eigenvalue weighted by Crippen LogP contribution is 2.33. The fourth-order valence-corrected chi connectivity index (χ4v) is 3.59. The summed E-state index contributed by atoms with van der Waals surface area (Å²) < 4.78 is 17.0. The molecule has 0 amide bonds. The van der Waals surface area contributed by atoms with Crippen molar-refractivity contribution >= 4 is 21.8 Å². The summed E-state index contributed by atoms with van der Waals surface area (Å²) in [6, 6.07) is 21.3. The second-order valence-electron chi connectivity index (χ2n) is 7.17. The molecule has 0 aliphatic heterocycles. The average molecular weight is 435 g/mol. The Balaban J connectivity index is 1.32. The highest BCUT2D eigenvalue weighted by molar-refractivity contribution is 6.10. The second-order valence-corrected chi connectivity index (χ2v) is 7.17. The highest BCUT2D eigenvalue weighted by atomic mass is 16.7. The quantitative estimate of drug-likeness (QED) is 0.194. The third-order valence-corrected chi connectivity index (χ3v) is 5.09. The Bertz CT molecular complexity index is 1180. The highest BCUT2D eigenvalue weighted by Gasteiger charge is 2.15. The van der Waals surface area contributed by atoms with Gasteiger partial charge in [-0.25, -0.2) is 0 Å². The molecule has 0 spiro atoms. The van der Waals surface area contributed by atoms with Gasteiger partial charge in [0.05, 0.1) is 12.6 Å². The lowest BCUT2D eigenvalue weighted by Gasteiger charge is -2.16. The van der Waals surface area contributed by atoms with Gasteiger partial charge in [-0.3, -0.25) is 0 Å². The predicted molar refractivity (Wildman–Crippen MR) is 123 cm³/mol. The maximum Gasteiger partial charge on any atom is 0.176 e. The maximum atomic E-state index is 10.7. The van der Waals surface area contributed by atoms with Crippen LogP contribution in [-0.4, -0.2) is 44.5 Å². The number of para-hydroxylation sites is 3. The predicted octanol–water partition coefficient (Wildman–Crippen LogP) is 4.44. The summed E-state index contributed by atoms with van der Waals surface area (Å²) in [4.78, 5) is 19.1. The van der Waals surface area contributed by atoms with E-state index in [0.717, 1.165) is 27.6 Å². The van der Waals surface area contributed by atoms with Gasteiger partial charge in [-0.15, -0.1) is 4.91 Å². The Labute approximate surface area is 185 Å². The molecule has 166 valence electrons. The van der Waals surface area contributed by atoms with Crippen molar-refractivity contribution in [2.24, 2.45) is 5.34 Å². The largest absolute Gasteiger partial charge is 0.493 e. The van der Waals surface area contributed by atoms with Crippen molar-refractivity contribution in [1.82, 2.24) is 10.3 Å². The third kappa shape index (κ3) is 4.92. The summed E-state index contributed by atoms with van der Waals surface area (Å²) in [6.07, 6.45) is -0.542. The van der Waals surface area contributed by atoms with Crippen LogP contribution in [-0.2, 0) is 4.84 Å². The molecule has 1 heterocycles. The SMILES string of the molecule is COc1ccccc1OCCNCC(COc1cccc2[nH]c3ccccc3c12)ON=O. The lowest BCUT2D eigenvalue weighted by Crippen LogP contribution is -2.34. The minimum Gasteiger partial charge on any atom is -0.493 e. The first kappa shape index (κ1) is 21.5. The summed E-state index contributed by atoms with van der Waals surface area (Å²) in [6.45, 7) is 1.53. The zero-order valence-electron chi connectivity index (χ0n) is 17.7. The monoisotopic (exact) mass is 435 g/mol. The van der Waals surface area contributed by atoms with Crippen LogP contribution in [0.3, 0.4) is 0 Å². The Morgan fingerprint density at radius 2 is 1.66 bits per heavy atom. The van der Waals surface area contributed by atoms with Crippen LogP contribution in [0.15, 0.2) is 72.1 Å². The van der Waals surface area contributed by atoms with Crippen LogP contribution in [0.25, 0.3) is 21.8 Å². The lowest BCUT2D eigenvalue weighted by molar-refractivity contribution is 0.0218. The van der Waals surface area contributed by atoms with Crippen LogP contribution in [0.5, 0.6) is 17.2 Å². The number of aromatic nitrogens is 1. The minimum absolute atomic E-state index is 0.171. The second kappa shape index (κ2) is 10.5. The molecule has 3 aromatic carbocycles. The van der Waals surface area contributed by atoms with Gasteiger partial charge in [0, 0.05) is 29.4 Å². The first-order valence-electron chi connectivity index (χ1n) is 10.4. The van der Waals surface area contributed by atoms with E-state index in [9.17, 15) is 4.91 Å². The van der Waals surface area contributed by atoms with Gasteiger partial charge in [-0.2, -0.15) is 0 Å². The standard InChI is InChI=1S/C24H25N3O5/c1-29-21-10-4-5-11-22(21)30-14-13-25-15-17(32-27-28)16-31-23-12-6-9-20-24(23)18-7-2-3-8-19(18)26-20/h2-12,17,25-26H,13-16H2,1H3. The molecule has 2 N–H and O–H groups in total. The molecule has 0 radical (unpaired) electrons. The molecule has 1 atom stereocenters. The van der Waals surface area contributed by atoms with Crippen LogP contribution < -0.4 is 19.5 Å². The number of H-pyrrole nitrogens is 1.